The fourth-order valence-corrected chi connectivity index (χ4v) is 1.78. The maximum Gasteiger partial charge on any atom is 0.257 e. The second-order valence-electron chi connectivity index (χ2n) is 4.34. The number of nitrogens with one attached hydrogen (secondary N) is 1. The van der Waals surface area contributed by atoms with Crippen LogP contribution in [0.2, 0.25) is 0 Å². The molecule has 16 heavy (non-hydrogen) atoms. The van der Waals surface area contributed by atoms with Crippen LogP contribution in [-0.2, 0) is 0 Å². The standard InChI is InChI=1S/C11H18N4O/c1-9(2)15-8-10(7-13-15)11(16)14-5-3-12-4-6-14/h7-9,12H,3-6H2,1-2H3. The Morgan fingerprint density at radius 1 is 1.44 bits per heavy atom. The molecule has 1 saturated heterocycles. The molecule has 2 heterocycles. The topological polar surface area (TPSA) is 50.2 Å². The Balaban J connectivity index is 2.07. The van der Waals surface area contributed by atoms with Crippen molar-refractivity contribution in [3.05, 3.63) is 18.0 Å². The van der Waals surface area contributed by atoms with Gasteiger partial charge in [-0.05, 0) is 13.8 Å². The summed E-state index contributed by atoms with van der Waals surface area (Å²) in [6.07, 6.45) is 3.49. The predicted molar refractivity (Wildman–Crippen MR) is 61.4 cm³/mol. The summed E-state index contributed by atoms with van der Waals surface area (Å²) in [6, 6.07) is 0.296. The van der Waals surface area contributed by atoms with E-state index in [1.807, 2.05) is 29.6 Å². The molecule has 2 rings (SSSR count). The van der Waals surface area contributed by atoms with Crippen molar-refractivity contribution in [3.8, 4) is 0 Å². The van der Waals surface area contributed by atoms with Crippen LogP contribution in [0.5, 0.6) is 0 Å². The number of aromatic nitrogens is 2. The maximum absolute atomic E-state index is 12.1. The van der Waals surface area contributed by atoms with Crippen molar-refractivity contribution in [2.45, 2.75) is 19.9 Å². The molecule has 0 aliphatic carbocycles. The number of hydrogen-bond acceptors (Lipinski definition) is 3. The summed E-state index contributed by atoms with van der Waals surface area (Å²) in [5.41, 5.74) is 0.690. The third-order valence-electron chi connectivity index (χ3n) is 2.78. The Morgan fingerprint density at radius 3 is 2.69 bits per heavy atom. The van der Waals surface area contributed by atoms with Gasteiger partial charge >= 0.3 is 0 Å². The lowest BCUT2D eigenvalue weighted by atomic mass is 10.2. The molecule has 1 amide bonds. The van der Waals surface area contributed by atoms with Crippen molar-refractivity contribution in [1.29, 1.82) is 0 Å². The largest absolute Gasteiger partial charge is 0.336 e. The van der Waals surface area contributed by atoms with Gasteiger partial charge in [0.05, 0.1) is 11.8 Å². The molecule has 5 nitrogen and oxygen atoms in total. The van der Waals surface area contributed by atoms with Gasteiger partial charge in [-0.1, -0.05) is 0 Å². The Bertz CT molecular complexity index is 366. The van der Waals surface area contributed by atoms with Gasteiger partial charge in [-0.25, -0.2) is 0 Å². The highest BCUT2D eigenvalue weighted by atomic mass is 16.2. The zero-order valence-electron chi connectivity index (χ0n) is 9.81. The highest BCUT2D eigenvalue weighted by Gasteiger charge is 2.19. The van der Waals surface area contributed by atoms with E-state index in [0.29, 0.717) is 11.6 Å². The second-order valence-corrected chi connectivity index (χ2v) is 4.34. The number of amides is 1. The fourth-order valence-electron chi connectivity index (χ4n) is 1.78. The van der Waals surface area contributed by atoms with E-state index in [-0.39, 0.29) is 5.91 Å². The number of carbonyl (C=O) groups is 1. The van der Waals surface area contributed by atoms with E-state index in [1.165, 1.54) is 0 Å². The van der Waals surface area contributed by atoms with Crippen LogP contribution in [0.1, 0.15) is 30.2 Å². The van der Waals surface area contributed by atoms with Crippen LogP contribution in [-0.4, -0.2) is 46.8 Å². The summed E-state index contributed by atoms with van der Waals surface area (Å²) in [5.74, 6) is 0.0911. The number of piperazine rings is 1. The van der Waals surface area contributed by atoms with E-state index < -0.39 is 0 Å². The van der Waals surface area contributed by atoms with E-state index in [9.17, 15) is 4.79 Å². The van der Waals surface area contributed by atoms with Gasteiger partial charge in [-0.15, -0.1) is 0 Å². The first kappa shape index (κ1) is 11.1. The summed E-state index contributed by atoms with van der Waals surface area (Å²) >= 11 is 0. The van der Waals surface area contributed by atoms with Gasteiger partial charge in [-0.2, -0.15) is 5.10 Å². The van der Waals surface area contributed by atoms with E-state index in [0.717, 1.165) is 26.2 Å². The molecule has 0 atom stereocenters. The van der Waals surface area contributed by atoms with Gasteiger partial charge in [0.1, 0.15) is 0 Å². The first-order valence-electron chi connectivity index (χ1n) is 5.72. The molecule has 1 aliphatic rings. The minimum Gasteiger partial charge on any atom is -0.336 e. The minimum absolute atomic E-state index is 0.0911. The van der Waals surface area contributed by atoms with E-state index >= 15 is 0 Å². The quantitative estimate of drug-likeness (QED) is 0.793. The lowest BCUT2D eigenvalue weighted by Gasteiger charge is -2.26. The minimum atomic E-state index is 0.0911. The van der Waals surface area contributed by atoms with Crippen molar-refractivity contribution in [1.82, 2.24) is 20.0 Å². The lowest BCUT2D eigenvalue weighted by molar-refractivity contribution is 0.0735. The van der Waals surface area contributed by atoms with Gasteiger partial charge in [0, 0.05) is 38.4 Å². The molecule has 0 unspecified atom stereocenters. The molecule has 1 N–H and O–H groups in total. The summed E-state index contributed by atoms with van der Waals surface area (Å²) < 4.78 is 1.81. The molecule has 0 saturated carbocycles. The maximum atomic E-state index is 12.1. The number of nitrogens with zero attached hydrogens (tertiary/aromatic N) is 3. The molecular formula is C11H18N4O. The van der Waals surface area contributed by atoms with Crippen LogP contribution < -0.4 is 5.32 Å². The lowest BCUT2D eigenvalue weighted by Crippen LogP contribution is -2.46. The predicted octanol–water partition coefficient (Wildman–Crippen LogP) is 0.509. The Morgan fingerprint density at radius 2 is 2.12 bits per heavy atom. The molecule has 1 aliphatic heterocycles. The van der Waals surface area contributed by atoms with E-state index in [4.69, 9.17) is 0 Å². The van der Waals surface area contributed by atoms with E-state index in [1.54, 1.807) is 6.20 Å². The van der Waals surface area contributed by atoms with Crippen LogP contribution in [0.25, 0.3) is 0 Å². The van der Waals surface area contributed by atoms with Gasteiger partial charge in [-0.3, -0.25) is 9.48 Å². The van der Waals surface area contributed by atoms with Crippen LogP contribution in [0.15, 0.2) is 12.4 Å². The summed E-state index contributed by atoms with van der Waals surface area (Å²) in [5, 5.41) is 7.41. The Hall–Kier alpha value is -1.36. The van der Waals surface area contributed by atoms with Gasteiger partial charge in [0.25, 0.3) is 5.91 Å². The molecule has 0 aromatic carbocycles. The van der Waals surface area contributed by atoms with Crippen molar-refractivity contribution in [2.24, 2.45) is 0 Å². The molecule has 0 radical (unpaired) electrons. The number of carbonyl (C=O) groups excluding carboxylic acids is 1. The zero-order valence-corrected chi connectivity index (χ0v) is 9.81. The average molecular weight is 222 g/mol. The van der Waals surface area contributed by atoms with E-state index in [2.05, 4.69) is 10.4 Å². The number of rotatable bonds is 2. The third kappa shape index (κ3) is 2.24. The van der Waals surface area contributed by atoms with Crippen LogP contribution in [0.3, 0.4) is 0 Å². The molecular weight excluding hydrogens is 204 g/mol. The van der Waals surface area contributed by atoms with Gasteiger partial charge < -0.3 is 10.2 Å². The van der Waals surface area contributed by atoms with Crippen molar-refractivity contribution in [3.63, 3.8) is 0 Å². The normalized spacial score (nSPS) is 16.8. The monoisotopic (exact) mass is 222 g/mol. The highest BCUT2D eigenvalue weighted by Crippen LogP contribution is 2.08. The smallest absolute Gasteiger partial charge is 0.257 e. The molecule has 5 heteroatoms. The molecule has 88 valence electrons. The molecule has 1 aromatic heterocycles. The summed E-state index contributed by atoms with van der Waals surface area (Å²) in [4.78, 5) is 14.0. The zero-order chi connectivity index (χ0) is 11.5. The second kappa shape index (κ2) is 4.65. The van der Waals surface area contributed by atoms with Crippen molar-refractivity contribution >= 4 is 5.91 Å². The van der Waals surface area contributed by atoms with Crippen LogP contribution in [0.4, 0.5) is 0 Å². The first-order chi connectivity index (χ1) is 7.68. The molecule has 0 spiro atoms. The van der Waals surface area contributed by atoms with Crippen LogP contribution >= 0.6 is 0 Å². The Labute approximate surface area is 95.4 Å². The van der Waals surface area contributed by atoms with Gasteiger partial charge in [0.2, 0.25) is 0 Å². The highest BCUT2D eigenvalue weighted by molar-refractivity contribution is 5.93. The third-order valence-corrected chi connectivity index (χ3v) is 2.78. The number of hydrogen-bond donors (Lipinski definition) is 1. The first-order valence-corrected chi connectivity index (χ1v) is 5.72. The van der Waals surface area contributed by atoms with Crippen molar-refractivity contribution in [2.75, 3.05) is 26.2 Å². The van der Waals surface area contributed by atoms with Gasteiger partial charge in [0.15, 0.2) is 0 Å². The SMILES string of the molecule is CC(C)n1cc(C(=O)N2CCNCC2)cn1. The summed E-state index contributed by atoms with van der Waals surface area (Å²) in [6.45, 7) is 7.42. The van der Waals surface area contributed by atoms with Crippen molar-refractivity contribution < 1.29 is 4.79 Å². The Kier molecular flexibility index (Phi) is 3.24. The fraction of sp³-hybridized carbons (Fsp3) is 0.636. The van der Waals surface area contributed by atoms with Crippen LogP contribution in [0, 0.1) is 0 Å². The molecule has 1 aromatic rings. The summed E-state index contributed by atoms with van der Waals surface area (Å²) in [7, 11) is 0. The molecule has 1 fully saturated rings. The molecule has 0 bridgehead atoms. The average Bonchev–Trinajstić information content (AvgIpc) is 2.78.